The van der Waals surface area contributed by atoms with Gasteiger partial charge in [-0.05, 0) is 97.1 Å². The third kappa shape index (κ3) is 7.44. The van der Waals surface area contributed by atoms with Gasteiger partial charge in [0, 0.05) is 69.9 Å². The number of rotatable bonds is 10. The Bertz CT molecular complexity index is 1530. The highest BCUT2D eigenvalue weighted by molar-refractivity contribution is 7.86. The maximum atomic E-state index is 14.4. The van der Waals surface area contributed by atoms with Crippen molar-refractivity contribution in [2.75, 3.05) is 76.9 Å². The normalized spacial score (nSPS) is 22.6. The van der Waals surface area contributed by atoms with Crippen molar-refractivity contribution in [2.24, 2.45) is 11.3 Å². The molecule has 0 unspecified atom stereocenters. The molecule has 1 aromatic heterocycles. The maximum absolute atomic E-state index is 14.4. The van der Waals surface area contributed by atoms with Crippen molar-refractivity contribution in [3.8, 4) is 11.6 Å². The Morgan fingerprint density at radius 3 is 2.54 bits per heavy atom. The number of aromatic nitrogens is 3. The van der Waals surface area contributed by atoms with Gasteiger partial charge in [0.2, 0.25) is 0 Å². The Kier molecular flexibility index (Phi) is 10.5. The van der Waals surface area contributed by atoms with Crippen LogP contribution in [0.1, 0.15) is 63.7 Å². The van der Waals surface area contributed by atoms with Crippen molar-refractivity contribution < 1.29 is 22.3 Å². The molecule has 0 bridgehead atoms. The molecule has 1 aromatic carbocycles. The number of ether oxygens (including phenoxy) is 1. The number of anilines is 1. The van der Waals surface area contributed by atoms with Crippen LogP contribution in [0.3, 0.4) is 0 Å². The topological polar surface area (TPSA) is 127 Å². The number of carbonyl (C=O) groups excluding carboxylic acids is 1. The fourth-order valence-electron chi connectivity index (χ4n) is 7.78. The smallest absolute Gasteiger partial charge is 0.282 e. The number of likely N-dealkylation sites (tertiary alicyclic amines) is 1. The number of halogens is 1. The highest BCUT2D eigenvalue weighted by atomic mass is 32.2. The van der Waals surface area contributed by atoms with Crippen LogP contribution < -0.4 is 15.0 Å². The minimum absolute atomic E-state index is 0.0814. The first-order chi connectivity index (χ1) is 23.0. The zero-order valence-electron chi connectivity index (χ0n) is 28.6. The van der Waals surface area contributed by atoms with Crippen LogP contribution in [-0.4, -0.2) is 132 Å². The van der Waals surface area contributed by atoms with Gasteiger partial charge in [0.1, 0.15) is 17.9 Å². The molecule has 1 amide bonds. The lowest BCUT2D eigenvalue weighted by molar-refractivity contribution is 0.0640. The third-order valence-corrected chi connectivity index (χ3v) is 12.3. The number of hydrogen-bond acceptors (Lipinski definition) is 10. The van der Waals surface area contributed by atoms with Gasteiger partial charge < -0.3 is 24.8 Å². The largest absolute Gasteiger partial charge is 0.434 e. The molecule has 2 aromatic rings. The molecule has 13 nitrogen and oxygen atoms in total. The Hall–Kier alpha value is -2.98. The van der Waals surface area contributed by atoms with E-state index in [2.05, 4.69) is 30.3 Å². The van der Waals surface area contributed by atoms with E-state index in [0.29, 0.717) is 44.5 Å². The second-order valence-electron chi connectivity index (χ2n) is 14.4. The van der Waals surface area contributed by atoms with Gasteiger partial charge in [0.15, 0.2) is 5.82 Å². The first-order valence-corrected chi connectivity index (χ1v) is 18.8. The molecule has 0 aliphatic carbocycles. The first-order valence-electron chi connectivity index (χ1n) is 17.4. The van der Waals surface area contributed by atoms with Crippen molar-refractivity contribution in [3.05, 3.63) is 35.9 Å². The summed E-state index contributed by atoms with van der Waals surface area (Å²) in [5.74, 6) is 0.458. The molecular formula is C33H50FN9O4S. The van der Waals surface area contributed by atoms with E-state index in [1.807, 2.05) is 27.7 Å². The Morgan fingerprint density at radius 1 is 1.06 bits per heavy atom. The molecule has 4 fully saturated rings. The minimum atomic E-state index is -3.41. The molecule has 0 radical (unpaired) electrons. The molecule has 15 heteroatoms. The minimum Gasteiger partial charge on any atom is -0.434 e. The van der Waals surface area contributed by atoms with E-state index in [4.69, 9.17) is 4.74 Å². The summed E-state index contributed by atoms with van der Waals surface area (Å²) in [5, 5.41) is 11.4. The molecule has 0 saturated carbocycles. The molecule has 4 aliphatic rings. The average Bonchev–Trinajstić information content (AvgIpc) is 3.33. The third-order valence-electron chi connectivity index (χ3n) is 10.3. The summed E-state index contributed by atoms with van der Waals surface area (Å²) < 4.78 is 50.4. The summed E-state index contributed by atoms with van der Waals surface area (Å²) in [6.07, 6.45) is 5.23. The van der Waals surface area contributed by atoms with Gasteiger partial charge in [0.05, 0.1) is 5.56 Å². The van der Waals surface area contributed by atoms with Gasteiger partial charge in [-0.2, -0.15) is 17.0 Å². The molecule has 48 heavy (non-hydrogen) atoms. The number of hydrogen-bond donors (Lipinski definition) is 1. The van der Waals surface area contributed by atoms with Crippen LogP contribution in [0.25, 0.3) is 0 Å². The predicted molar refractivity (Wildman–Crippen MR) is 181 cm³/mol. The van der Waals surface area contributed by atoms with E-state index in [1.165, 1.54) is 24.5 Å². The Morgan fingerprint density at radius 2 is 1.81 bits per heavy atom. The van der Waals surface area contributed by atoms with E-state index in [9.17, 15) is 17.6 Å². The van der Waals surface area contributed by atoms with E-state index >= 15 is 0 Å². The lowest BCUT2D eigenvalue weighted by Gasteiger charge is -2.54. The lowest BCUT2D eigenvalue weighted by Crippen LogP contribution is -2.61. The fourth-order valence-corrected chi connectivity index (χ4v) is 9.53. The number of amides is 1. The van der Waals surface area contributed by atoms with Crippen molar-refractivity contribution >= 4 is 21.9 Å². The monoisotopic (exact) mass is 687 g/mol. The second kappa shape index (κ2) is 14.5. The van der Waals surface area contributed by atoms with Crippen LogP contribution in [0, 0.1) is 17.2 Å². The van der Waals surface area contributed by atoms with E-state index in [0.717, 1.165) is 65.0 Å². The van der Waals surface area contributed by atoms with Crippen molar-refractivity contribution in [1.82, 2.24) is 38.9 Å². The highest BCUT2D eigenvalue weighted by Gasteiger charge is 2.47. The average molecular weight is 688 g/mol. The molecule has 1 spiro atoms. The Labute approximate surface area is 284 Å². The van der Waals surface area contributed by atoms with Crippen molar-refractivity contribution in [2.45, 2.75) is 65.5 Å². The molecule has 1 N–H and O–H groups in total. The lowest BCUT2D eigenvalue weighted by atomic mass is 9.72. The molecule has 4 saturated heterocycles. The van der Waals surface area contributed by atoms with Crippen LogP contribution >= 0.6 is 0 Å². The van der Waals surface area contributed by atoms with Crippen molar-refractivity contribution in [3.63, 3.8) is 0 Å². The van der Waals surface area contributed by atoms with Crippen LogP contribution in [0.2, 0.25) is 0 Å². The Balaban J connectivity index is 1.04. The van der Waals surface area contributed by atoms with Gasteiger partial charge in [-0.1, -0.05) is 0 Å². The molecule has 4 aliphatic heterocycles. The summed E-state index contributed by atoms with van der Waals surface area (Å²) in [6.45, 7) is 16.1. The van der Waals surface area contributed by atoms with Crippen LogP contribution in [0.5, 0.6) is 11.6 Å². The number of carbonyl (C=O) groups is 1. The van der Waals surface area contributed by atoms with E-state index < -0.39 is 16.0 Å². The number of piperidine rings is 1. The molecule has 264 valence electrons. The predicted octanol–water partition coefficient (Wildman–Crippen LogP) is 2.83. The maximum Gasteiger partial charge on any atom is 0.282 e. The van der Waals surface area contributed by atoms with Crippen LogP contribution in [-0.2, 0) is 10.2 Å². The van der Waals surface area contributed by atoms with Gasteiger partial charge in [-0.25, -0.2) is 9.37 Å². The SMILES string of the molecule is CC(C)N(C(=O)c1cc(F)ccc1Oc1nncnc1N1CC2(CCN(C[C@H]3CCN(S(=O)(=O)N4CCCNCC4)C3)CC2)C1)C(C)C. The van der Waals surface area contributed by atoms with E-state index in [-0.39, 0.29) is 40.6 Å². The van der Waals surface area contributed by atoms with Crippen molar-refractivity contribution in [1.29, 1.82) is 0 Å². The number of benzene rings is 1. The summed E-state index contributed by atoms with van der Waals surface area (Å²) >= 11 is 0. The quantitative estimate of drug-likeness (QED) is 0.399. The van der Waals surface area contributed by atoms with Gasteiger partial charge in [0.25, 0.3) is 22.0 Å². The van der Waals surface area contributed by atoms with Crippen LogP contribution in [0.4, 0.5) is 10.2 Å². The molecule has 1 atom stereocenters. The standard InChI is InChI=1S/C33H50FN9O4S/c1-24(2)43(25(3)4)32(44)28-18-27(34)6-7-29(28)47-31-30(36-23-37-38-31)40-21-33(22-40)9-15-39(16-10-33)19-26-8-14-42(20-26)48(45,46)41-13-5-11-35-12-17-41/h6-7,18,23-26,35H,5,8-17,19-22H2,1-4H3/t26-/m1/s1. The number of nitrogens with one attached hydrogen (secondary N) is 1. The summed E-state index contributed by atoms with van der Waals surface area (Å²) in [5.41, 5.74) is 0.292. The zero-order valence-corrected chi connectivity index (χ0v) is 29.5. The highest BCUT2D eigenvalue weighted by Crippen LogP contribution is 2.44. The summed E-state index contributed by atoms with van der Waals surface area (Å²) in [7, 11) is -3.41. The first kappa shape index (κ1) is 34.9. The molecule has 6 rings (SSSR count). The van der Waals surface area contributed by atoms with Gasteiger partial charge in [-0.15, -0.1) is 10.2 Å². The van der Waals surface area contributed by atoms with Gasteiger partial charge in [-0.3, -0.25) is 4.79 Å². The fraction of sp³-hybridized carbons (Fsp3) is 0.697. The van der Waals surface area contributed by atoms with Gasteiger partial charge >= 0.3 is 0 Å². The second-order valence-corrected chi connectivity index (χ2v) is 16.3. The molecular weight excluding hydrogens is 637 g/mol. The summed E-state index contributed by atoms with van der Waals surface area (Å²) in [4.78, 5) is 24.4. The van der Waals surface area contributed by atoms with E-state index in [1.54, 1.807) is 13.5 Å². The molecule has 5 heterocycles. The zero-order chi connectivity index (χ0) is 34.1. The summed E-state index contributed by atoms with van der Waals surface area (Å²) in [6, 6.07) is 3.77. The number of nitrogens with zero attached hydrogens (tertiary/aromatic N) is 8. The van der Waals surface area contributed by atoms with Crippen LogP contribution in [0.15, 0.2) is 24.5 Å².